The van der Waals surface area contributed by atoms with Gasteiger partial charge in [-0.15, -0.1) is 0 Å². The van der Waals surface area contributed by atoms with E-state index >= 15 is 0 Å². The maximum Gasteiger partial charge on any atom is 0.421 e. The Labute approximate surface area is 321 Å². The Balaban J connectivity index is 1.15. The molecule has 290 valence electrons. The number of carbonyl (C=O) groups excluding carboxylic acids is 1. The molecule has 55 heavy (non-hydrogen) atoms. The van der Waals surface area contributed by atoms with Crippen LogP contribution < -0.4 is 30.2 Å². The number of benzene rings is 2. The zero-order chi connectivity index (χ0) is 38.9. The summed E-state index contributed by atoms with van der Waals surface area (Å²) in [4.78, 5) is 32.0. The number of nitrogens with one attached hydrogen (secondary N) is 3. The molecule has 0 radical (unpaired) electrons. The molecule has 1 amide bonds. The van der Waals surface area contributed by atoms with E-state index < -0.39 is 35.2 Å². The van der Waals surface area contributed by atoms with Crippen molar-refractivity contribution in [3.05, 3.63) is 87.6 Å². The van der Waals surface area contributed by atoms with Gasteiger partial charge in [-0.1, -0.05) is 41.9 Å². The quantitative estimate of drug-likeness (QED) is 0.105. The van der Waals surface area contributed by atoms with Crippen LogP contribution in [-0.4, -0.2) is 59.3 Å². The second-order valence-corrected chi connectivity index (χ2v) is 14.5. The Hall–Kier alpha value is -4.92. The van der Waals surface area contributed by atoms with Crippen molar-refractivity contribution in [2.45, 2.75) is 81.9 Å². The smallest absolute Gasteiger partial charge is 0.421 e. The Morgan fingerprint density at radius 2 is 1.84 bits per heavy atom. The average molecular weight is 780 g/mol. The normalized spacial score (nSPS) is 18.7. The van der Waals surface area contributed by atoms with E-state index in [0.29, 0.717) is 68.1 Å². The number of halogens is 4. The molecule has 2 aromatic carbocycles. The Bertz CT molecular complexity index is 2110. The predicted octanol–water partition coefficient (Wildman–Crippen LogP) is 7.03. The molecule has 0 bridgehead atoms. The predicted molar refractivity (Wildman–Crippen MR) is 198 cm³/mol. The van der Waals surface area contributed by atoms with Crippen LogP contribution in [0.4, 0.5) is 13.2 Å². The minimum atomic E-state index is -4.81. The van der Waals surface area contributed by atoms with Gasteiger partial charge in [0.1, 0.15) is 23.0 Å². The van der Waals surface area contributed by atoms with E-state index in [1.54, 1.807) is 13.3 Å². The first-order valence-electron chi connectivity index (χ1n) is 18.1. The number of aromatic nitrogens is 2. The minimum Gasteiger partial charge on any atom is -0.496 e. The highest BCUT2D eigenvalue weighted by molar-refractivity contribution is 6.35. The molecule has 2 aliphatic carbocycles. The Morgan fingerprint density at radius 3 is 2.53 bits per heavy atom. The van der Waals surface area contributed by atoms with Gasteiger partial charge in [-0.25, -0.2) is 0 Å². The minimum absolute atomic E-state index is 0.0704. The van der Waals surface area contributed by atoms with Crippen molar-refractivity contribution in [3.63, 3.8) is 0 Å². The van der Waals surface area contributed by atoms with Crippen molar-refractivity contribution in [2.24, 2.45) is 0 Å². The fourth-order valence-corrected chi connectivity index (χ4v) is 7.71. The molecule has 1 saturated carbocycles. The number of alkyl halides is 3. The van der Waals surface area contributed by atoms with E-state index in [2.05, 4.69) is 25.9 Å². The molecule has 2 fully saturated rings. The molecule has 4 N–H and O–H groups in total. The molecule has 0 spiro atoms. The zero-order valence-corrected chi connectivity index (χ0v) is 31.1. The van der Waals surface area contributed by atoms with Crippen molar-refractivity contribution >= 4 is 23.5 Å². The molecule has 1 saturated heterocycles. The van der Waals surface area contributed by atoms with Crippen LogP contribution in [-0.2, 0) is 35.3 Å². The van der Waals surface area contributed by atoms with E-state index in [0.717, 1.165) is 45.9 Å². The van der Waals surface area contributed by atoms with E-state index in [9.17, 15) is 27.9 Å². The number of carboxylic acid groups (broad SMARTS) is 1. The maximum atomic E-state index is 14.5. The Kier molecular flexibility index (Phi) is 10.9. The van der Waals surface area contributed by atoms with Crippen LogP contribution >= 0.6 is 11.6 Å². The second kappa shape index (κ2) is 15.7. The highest BCUT2D eigenvalue weighted by atomic mass is 35.5. The number of rotatable bonds is 14. The number of hydrogen-bond acceptors (Lipinski definition) is 9. The lowest BCUT2D eigenvalue weighted by Gasteiger charge is -2.29. The molecule has 3 aliphatic rings. The molecular formula is C40H41ClF3N5O6. The van der Waals surface area contributed by atoms with Crippen LogP contribution in [0.2, 0.25) is 5.02 Å². The fraction of sp³-hybridized carbons (Fsp3) is 0.400. The van der Waals surface area contributed by atoms with Gasteiger partial charge in [0.05, 0.1) is 24.9 Å². The number of carboxylic acids is 1. The average Bonchev–Trinajstić information content (AvgIpc) is 3.86. The standard InChI is InChI=1S/C40H41ClF3N5O6/c1-53-32-18-22(9-10-23(32)19-45-21-25-11-12-33(50)48-25)35-34(41)29(13-16-46-35)27-5-3-7-28-26(27)6-4-8-31(28)55-37-30(40(42,43)44)17-24(36(49-37)54-2)20-47-39(14-15-39)38(51)52/h3,5,7,9-10,13,16-18,25,31,45,47H,4,6,8,11-12,14-15,19-21H2,1-2H3,(H,48,50)(H,51,52)/t25-,31-/m0/s1. The molecule has 2 atom stereocenters. The summed E-state index contributed by atoms with van der Waals surface area (Å²) in [6.07, 6.45) is -0.0293. The highest BCUT2D eigenvalue weighted by Crippen LogP contribution is 2.45. The molecule has 1 aliphatic heterocycles. The molecule has 4 aromatic rings. The summed E-state index contributed by atoms with van der Waals surface area (Å²) in [5.74, 6) is -1.03. The summed E-state index contributed by atoms with van der Waals surface area (Å²) in [7, 11) is 2.89. The van der Waals surface area contributed by atoms with Crippen molar-refractivity contribution in [1.82, 2.24) is 25.9 Å². The van der Waals surface area contributed by atoms with Gasteiger partial charge in [0.2, 0.25) is 17.7 Å². The summed E-state index contributed by atoms with van der Waals surface area (Å²) in [6, 6.07) is 14.2. The monoisotopic (exact) mass is 779 g/mol. The summed E-state index contributed by atoms with van der Waals surface area (Å²) in [6.45, 7) is 1.01. The van der Waals surface area contributed by atoms with E-state index in [4.69, 9.17) is 25.8 Å². The summed E-state index contributed by atoms with van der Waals surface area (Å²) >= 11 is 7.12. The number of hydrogen-bond donors (Lipinski definition) is 4. The van der Waals surface area contributed by atoms with Crippen LogP contribution in [0.25, 0.3) is 22.4 Å². The molecule has 15 heteroatoms. The van der Waals surface area contributed by atoms with Gasteiger partial charge in [-0.2, -0.15) is 18.2 Å². The lowest BCUT2D eigenvalue weighted by atomic mass is 9.84. The summed E-state index contributed by atoms with van der Waals surface area (Å²) in [5.41, 5.74) is 3.23. The molecule has 0 unspecified atom stereocenters. The number of pyridine rings is 2. The Morgan fingerprint density at radius 1 is 1.02 bits per heavy atom. The van der Waals surface area contributed by atoms with Crippen LogP contribution in [0.3, 0.4) is 0 Å². The topological polar surface area (TPSA) is 144 Å². The van der Waals surface area contributed by atoms with Gasteiger partial charge >= 0.3 is 12.1 Å². The van der Waals surface area contributed by atoms with E-state index in [1.165, 1.54) is 7.11 Å². The largest absolute Gasteiger partial charge is 0.496 e. The maximum absolute atomic E-state index is 14.5. The van der Waals surface area contributed by atoms with Crippen molar-refractivity contribution in [2.75, 3.05) is 20.8 Å². The first-order chi connectivity index (χ1) is 26.4. The molecule has 11 nitrogen and oxygen atoms in total. The fourth-order valence-electron chi connectivity index (χ4n) is 7.39. The first kappa shape index (κ1) is 38.4. The van der Waals surface area contributed by atoms with Crippen molar-refractivity contribution in [1.29, 1.82) is 0 Å². The number of ether oxygens (including phenoxy) is 3. The van der Waals surface area contributed by atoms with Gasteiger partial charge in [0.15, 0.2) is 0 Å². The molecular weight excluding hydrogens is 739 g/mol. The number of amides is 1. The summed E-state index contributed by atoms with van der Waals surface area (Å²) in [5, 5.41) is 19.1. The third-order valence-corrected chi connectivity index (χ3v) is 10.9. The van der Waals surface area contributed by atoms with Gasteiger partial charge in [0.25, 0.3) is 0 Å². The lowest BCUT2D eigenvalue weighted by Crippen LogP contribution is -2.38. The van der Waals surface area contributed by atoms with E-state index in [1.807, 2.05) is 42.5 Å². The SMILES string of the molecule is COc1cc(-c2nccc(-c3cccc4c3CCC[C@@H]4Oc3nc(OC)c(CNC4(C(=O)O)CC4)cc3C(F)(F)F)c2Cl)ccc1CNC[C@@H]1CCC(=O)N1. The third kappa shape index (κ3) is 8.07. The van der Waals surface area contributed by atoms with Crippen LogP contribution in [0.15, 0.2) is 54.7 Å². The number of carbonyl (C=O) groups is 2. The van der Waals surface area contributed by atoms with Crippen LogP contribution in [0.5, 0.6) is 17.5 Å². The molecule has 2 aromatic heterocycles. The van der Waals surface area contributed by atoms with E-state index in [-0.39, 0.29) is 29.9 Å². The molecule has 3 heterocycles. The first-order valence-corrected chi connectivity index (χ1v) is 18.5. The van der Waals surface area contributed by atoms with Crippen molar-refractivity contribution in [3.8, 4) is 39.9 Å². The van der Waals surface area contributed by atoms with Gasteiger partial charge < -0.3 is 30.0 Å². The third-order valence-electron chi connectivity index (χ3n) is 10.5. The van der Waals surface area contributed by atoms with Crippen LogP contribution in [0, 0.1) is 0 Å². The number of methoxy groups -OCH3 is 2. The van der Waals surface area contributed by atoms with Gasteiger partial charge in [-0.3, -0.25) is 19.9 Å². The number of nitrogens with zero attached hydrogens (tertiary/aromatic N) is 2. The van der Waals surface area contributed by atoms with Crippen molar-refractivity contribution < 1.29 is 42.1 Å². The summed E-state index contributed by atoms with van der Waals surface area (Å²) < 4.78 is 60.8. The van der Waals surface area contributed by atoms with Crippen LogP contribution in [0.1, 0.15) is 72.4 Å². The van der Waals surface area contributed by atoms with Gasteiger partial charge in [-0.05, 0) is 73.4 Å². The zero-order valence-electron chi connectivity index (χ0n) is 30.3. The number of aliphatic carboxylic acids is 1. The second-order valence-electron chi connectivity index (χ2n) is 14.1. The molecule has 7 rings (SSSR count). The highest BCUT2D eigenvalue weighted by Gasteiger charge is 2.50. The lowest BCUT2D eigenvalue weighted by molar-refractivity contribution is -0.141. The van der Waals surface area contributed by atoms with Gasteiger partial charge in [0, 0.05) is 60.5 Å². The number of fused-ring (bicyclic) bond motifs is 1.